The number of methoxy groups -OCH3 is 1. The first-order valence-corrected chi connectivity index (χ1v) is 12.1. The average molecular weight is 472 g/mol. The van der Waals surface area contributed by atoms with Gasteiger partial charge in [0.2, 0.25) is 0 Å². The first-order valence-electron chi connectivity index (χ1n) is 12.1. The van der Waals surface area contributed by atoms with E-state index in [9.17, 15) is 5.11 Å². The zero-order valence-corrected chi connectivity index (χ0v) is 20.4. The molecule has 1 aromatic carbocycles. The highest BCUT2D eigenvalue weighted by Crippen LogP contribution is 2.29. The smallest absolute Gasteiger partial charge is 0.161 e. The van der Waals surface area contributed by atoms with Crippen LogP contribution in [0.5, 0.6) is 11.5 Å². The molecule has 2 fully saturated rings. The minimum Gasteiger partial charge on any atom is -0.493 e. The molecule has 1 atom stereocenters. The van der Waals surface area contributed by atoms with E-state index in [1.807, 2.05) is 19.2 Å². The second-order valence-electron chi connectivity index (χ2n) is 9.27. The molecule has 0 spiro atoms. The fraction of sp³-hybridized carbons (Fsp3) is 0.600. The lowest BCUT2D eigenvalue weighted by Gasteiger charge is -2.41. The van der Waals surface area contributed by atoms with E-state index in [0.29, 0.717) is 26.2 Å². The van der Waals surface area contributed by atoms with Crippen LogP contribution in [0.3, 0.4) is 0 Å². The summed E-state index contributed by atoms with van der Waals surface area (Å²) in [5.74, 6) is 2.31. The van der Waals surface area contributed by atoms with Gasteiger partial charge in [0.1, 0.15) is 12.4 Å². The maximum absolute atomic E-state index is 11.3. The fourth-order valence-electron chi connectivity index (χ4n) is 4.80. The molecule has 1 aromatic heterocycles. The van der Waals surface area contributed by atoms with Crippen LogP contribution in [0, 0.1) is 0 Å². The minimum absolute atomic E-state index is 0.551. The van der Waals surface area contributed by atoms with Crippen molar-refractivity contribution in [1.29, 1.82) is 0 Å². The predicted octanol–water partition coefficient (Wildman–Crippen LogP) is 1.66. The van der Waals surface area contributed by atoms with E-state index < -0.39 is 5.60 Å². The lowest BCUT2D eigenvalue weighted by atomic mass is 9.92. The third kappa shape index (κ3) is 6.79. The van der Waals surface area contributed by atoms with E-state index in [1.54, 1.807) is 25.7 Å². The molecule has 9 nitrogen and oxygen atoms in total. The SMILES string of the molecule is COc1cc(CN(C)CC2(O)CCCN(c3cnccn3)C2)ccc1OCCN1CCOCC1. The molecule has 2 aliphatic rings. The van der Waals surface area contributed by atoms with Crippen molar-refractivity contribution in [2.45, 2.75) is 25.0 Å². The van der Waals surface area contributed by atoms with Gasteiger partial charge in [-0.15, -0.1) is 0 Å². The Bertz CT molecular complexity index is 896. The maximum atomic E-state index is 11.3. The average Bonchev–Trinajstić information content (AvgIpc) is 2.85. The summed E-state index contributed by atoms with van der Waals surface area (Å²) < 4.78 is 17.0. The Balaban J connectivity index is 1.30. The number of likely N-dealkylation sites (N-methyl/N-ethyl adjacent to an activating group) is 1. The van der Waals surface area contributed by atoms with Gasteiger partial charge in [0.15, 0.2) is 11.5 Å². The Morgan fingerprint density at radius 2 is 2.03 bits per heavy atom. The van der Waals surface area contributed by atoms with Crippen molar-refractivity contribution < 1.29 is 19.3 Å². The van der Waals surface area contributed by atoms with Crippen molar-refractivity contribution in [3.63, 3.8) is 0 Å². The molecular weight excluding hydrogens is 434 g/mol. The van der Waals surface area contributed by atoms with Crippen LogP contribution in [-0.4, -0.2) is 104 Å². The first kappa shape index (κ1) is 24.7. The second kappa shape index (κ2) is 11.8. The summed E-state index contributed by atoms with van der Waals surface area (Å²) in [6.07, 6.45) is 6.81. The number of benzene rings is 1. The number of hydrogen-bond donors (Lipinski definition) is 1. The summed E-state index contributed by atoms with van der Waals surface area (Å²) in [7, 11) is 3.71. The number of nitrogens with zero attached hydrogens (tertiary/aromatic N) is 5. The molecule has 2 saturated heterocycles. The molecule has 34 heavy (non-hydrogen) atoms. The van der Waals surface area contributed by atoms with Gasteiger partial charge in [-0.25, -0.2) is 4.98 Å². The van der Waals surface area contributed by atoms with Crippen LogP contribution in [0.2, 0.25) is 0 Å². The molecule has 2 aromatic rings. The van der Waals surface area contributed by atoms with Crippen LogP contribution in [-0.2, 0) is 11.3 Å². The Hall–Kier alpha value is -2.46. The van der Waals surface area contributed by atoms with Gasteiger partial charge in [-0.05, 0) is 37.6 Å². The monoisotopic (exact) mass is 471 g/mol. The van der Waals surface area contributed by atoms with E-state index in [0.717, 1.165) is 75.1 Å². The van der Waals surface area contributed by atoms with E-state index in [1.165, 1.54) is 0 Å². The van der Waals surface area contributed by atoms with Crippen LogP contribution in [0.4, 0.5) is 5.82 Å². The number of aliphatic hydroxyl groups is 1. The standard InChI is InChI=1S/C25H37N5O4/c1-28(19-25(31)6-3-9-30(20-25)24-17-26-7-8-27-24)18-21-4-5-22(23(16-21)32-2)34-15-12-29-10-13-33-14-11-29/h4-5,7-8,16-17,31H,3,6,9-15,18-20H2,1-2H3. The lowest BCUT2D eigenvalue weighted by molar-refractivity contribution is -0.00350. The summed E-state index contributed by atoms with van der Waals surface area (Å²) in [6.45, 7) is 7.69. The number of morpholine rings is 1. The Morgan fingerprint density at radius 3 is 2.79 bits per heavy atom. The third-order valence-corrected chi connectivity index (χ3v) is 6.44. The predicted molar refractivity (Wildman–Crippen MR) is 131 cm³/mol. The number of piperidine rings is 1. The molecule has 1 N–H and O–H groups in total. The van der Waals surface area contributed by atoms with Crippen molar-refractivity contribution >= 4 is 5.82 Å². The van der Waals surface area contributed by atoms with Gasteiger partial charge in [-0.1, -0.05) is 6.07 Å². The summed E-state index contributed by atoms with van der Waals surface area (Å²) in [5, 5.41) is 11.3. The van der Waals surface area contributed by atoms with E-state index in [2.05, 4.69) is 30.7 Å². The molecule has 0 bridgehead atoms. The highest BCUT2D eigenvalue weighted by Gasteiger charge is 2.35. The molecule has 2 aliphatic heterocycles. The number of rotatable bonds is 10. The Morgan fingerprint density at radius 1 is 1.18 bits per heavy atom. The van der Waals surface area contributed by atoms with Crippen molar-refractivity contribution in [2.24, 2.45) is 0 Å². The topological polar surface area (TPSA) is 83.4 Å². The number of hydrogen-bond acceptors (Lipinski definition) is 9. The van der Waals surface area contributed by atoms with Crippen molar-refractivity contribution in [1.82, 2.24) is 19.8 Å². The van der Waals surface area contributed by atoms with E-state index in [-0.39, 0.29) is 0 Å². The van der Waals surface area contributed by atoms with E-state index >= 15 is 0 Å². The lowest BCUT2D eigenvalue weighted by Crippen LogP contribution is -2.54. The summed E-state index contributed by atoms with van der Waals surface area (Å²) >= 11 is 0. The first-order chi connectivity index (χ1) is 16.5. The molecule has 0 amide bonds. The zero-order chi connectivity index (χ0) is 23.8. The van der Waals surface area contributed by atoms with Gasteiger partial charge >= 0.3 is 0 Å². The maximum Gasteiger partial charge on any atom is 0.161 e. The highest BCUT2D eigenvalue weighted by atomic mass is 16.5. The van der Waals surface area contributed by atoms with Gasteiger partial charge in [0.25, 0.3) is 0 Å². The van der Waals surface area contributed by atoms with Gasteiger partial charge in [0.05, 0.1) is 32.1 Å². The second-order valence-corrected chi connectivity index (χ2v) is 9.27. The minimum atomic E-state index is -0.794. The van der Waals surface area contributed by atoms with E-state index in [4.69, 9.17) is 14.2 Å². The molecule has 9 heteroatoms. The van der Waals surface area contributed by atoms with Crippen LogP contribution < -0.4 is 14.4 Å². The molecule has 0 aliphatic carbocycles. The normalized spacial score (nSPS) is 21.6. The van der Waals surface area contributed by atoms with Crippen LogP contribution in [0.15, 0.2) is 36.8 Å². The largest absolute Gasteiger partial charge is 0.493 e. The molecule has 186 valence electrons. The summed E-state index contributed by atoms with van der Waals surface area (Å²) in [6, 6.07) is 6.07. The zero-order valence-electron chi connectivity index (χ0n) is 20.4. The Labute approximate surface area is 202 Å². The molecule has 4 rings (SSSR count). The highest BCUT2D eigenvalue weighted by molar-refractivity contribution is 5.43. The molecule has 0 saturated carbocycles. The number of anilines is 1. The fourth-order valence-corrected chi connectivity index (χ4v) is 4.80. The van der Waals surface area contributed by atoms with Crippen LogP contribution in [0.1, 0.15) is 18.4 Å². The van der Waals surface area contributed by atoms with Crippen molar-refractivity contribution in [3.8, 4) is 11.5 Å². The van der Waals surface area contributed by atoms with Crippen LogP contribution >= 0.6 is 0 Å². The number of ether oxygens (including phenoxy) is 3. The Kier molecular flexibility index (Phi) is 8.55. The molecular formula is C25H37N5O4. The summed E-state index contributed by atoms with van der Waals surface area (Å²) in [4.78, 5) is 15.2. The van der Waals surface area contributed by atoms with Gasteiger partial charge < -0.3 is 24.2 Å². The van der Waals surface area contributed by atoms with Crippen molar-refractivity contribution in [3.05, 3.63) is 42.4 Å². The third-order valence-electron chi connectivity index (χ3n) is 6.44. The molecule has 3 heterocycles. The van der Waals surface area contributed by atoms with Crippen LogP contribution in [0.25, 0.3) is 0 Å². The number of β-amino-alcohol motifs (C(OH)–C–C–N with tert-alkyl or cyclic N) is 1. The molecule has 0 radical (unpaired) electrons. The number of aromatic nitrogens is 2. The van der Waals surface area contributed by atoms with Gasteiger partial charge in [-0.3, -0.25) is 14.8 Å². The summed E-state index contributed by atoms with van der Waals surface area (Å²) in [5.41, 5.74) is 0.321. The van der Waals surface area contributed by atoms with Gasteiger partial charge in [0, 0.05) is 58.2 Å². The molecule has 1 unspecified atom stereocenters. The quantitative estimate of drug-likeness (QED) is 0.556. The van der Waals surface area contributed by atoms with Gasteiger partial charge in [-0.2, -0.15) is 0 Å². The van der Waals surface area contributed by atoms with Crippen molar-refractivity contribution in [2.75, 3.05) is 78.1 Å².